The standard InChI is InChI=1S/C46H78N2O36/c1-10(54)47-19-26(61)36(15(6-52)74-40(19)71)81-41-20(48-11(2)55)27(62)37(16(7-53)78-41)82-45-35(70)38(83-43-33(68)28(63)21(56)12(3-49)75-43)25(60)18(80-45)9-72-42-32(67)30(65)24(59)17(79-42)8-73-46-39(31(66)23(58)14(5-51)77-46)84-44-34(69)29(64)22(57)13(4-50)76-44/h12-46,49-53,56-71H,3-9H2,1-2H3,(H,47,54)(H,48,55)/t12-,13-,14-,15-,16-,17-,18-,19-,20-,21-,22-,23-,24-,25-,26-,27-,28+,29+,30+,31+,32+,33+,34+,35+,36-,37-,38+,39+,40?,41+,42+,43-,44-,45+,46+/m1/s1. The molecule has 7 aliphatic rings. The monoisotopic (exact) mass is 1230 g/mol. The summed E-state index contributed by atoms with van der Waals surface area (Å²) < 4.78 is 74.2. The maximum absolute atomic E-state index is 12.6. The molecule has 0 aromatic rings. The van der Waals surface area contributed by atoms with E-state index in [9.17, 15) is 117 Å². The number of rotatable bonds is 21. The normalized spacial score (nSPS) is 50.3. The molecule has 7 aliphatic heterocycles. The van der Waals surface area contributed by atoms with Crippen LogP contribution in [0.3, 0.4) is 0 Å². The van der Waals surface area contributed by atoms with Crippen LogP contribution in [0.4, 0.5) is 0 Å². The van der Waals surface area contributed by atoms with Crippen LogP contribution in [0.25, 0.3) is 0 Å². The van der Waals surface area contributed by atoms with Gasteiger partial charge in [0.1, 0.15) is 171 Å². The fraction of sp³-hybridized carbons (Fsp3) is 0.957. The van der Waals surface area contributed by atoms with Gasteiger partial charge in [0, 0.05) is 13.8 Å². The molecule has 0 spiro atoms. The minimum Gasteiger partial charge on any atom is -0.394 e. The molecule has 38 heteroatoms. The highest BCUT2D eigenvalue weighted by Crippen LogP contribution is 2.37. The number of amides is 2. The van der Waals surface area contributed by atoms with Gasteiger partial charge in [0.2, 0.25) is 11.8 Å². The highest BCUT2D eigenvalue weighted by Gasteiger charge is 2.58. The lowest BCUT2D eigenvalue weighted by atomic mass is 9.94. The van der Waals surface area contributed by atoms with Crippen molar-refractivity contribution in [3.63, 3.8) is 0 Å². The second-order valence-corrected chi connectivity index (χ2v) is 21.1. The Kier molecular flexibility index (Phi) is 24.6. The third-order valence-electron chi connectivity index (χ3n) is 15.3. The number of carbonyl (C=O) groups excluding carboxylic acids is 2. The van der Waals surface area contributed by atoms with Crippen molar-refractivity contribution in [1.82, 2.24) is 10.6 Å². The van der Waals surface area contributed by atoms with Gasteiger partial charge in [-0.15, -0.1) is 0 Å². The first-order valence-corrected chi connectivity index (χ1v) is 26.6. The summed E-state index contributed by atoms with van der Waals surface area (Å²) in [5, 5.41) is 230. The summed E-state index contributed by atoms with van der Waals surface area (Å²) in [5.74, 6) is -1.59. The van der Waals surface area contributed by atoms with Gasteiger partial charge in [-0.2, -0.15) is 0 Å². The summed E-state index contributed by atoms with van der Waals surface area (Å²) in [6, 6.07) is -3.34. The number of aliphatic hydroxyl groups is 21. The van der Waals surface area contributed by atoms with Crippen molar-refractivity contribution < 1.29 is 178 Å². The quantitative estimate of drug-likeness (QED) is 0.0507. The van der Waals surface area contributed by atoms with E-state index in [1.54, 1.807) is 0 Å². The number of aliphatic hydroxyl groups excluding tert-OH is 21. The Morgan fingerprint density at radius 2 is 0.643 bits per heavy atom. The van der Waals surface area contributed by atoms with Gasteiger partial charge in [-0.1, -0.05) is 0 Å². The van der Waals surface area contributed by atoms with Gasteiger partial charge in [0.15, 0.2) is 44.0 Å². The van der Waals surface area contributed by atoms with E-state index in [-0.39, 0.29) is 0 Å². The molecule has 488 valence electrons. The molecule has 23 N–H and O–H groups in total. The van der Waals surface area contributed by atoms with Gasteiger partial charge in [-0.05, 0) is 0 Å². The molecule has 35 atom stereocenters. The molecule has 0 saturated carbocycles. The first-order valence-electron chi connectivity index (χ1n) is 26.6. The van der Waals surface area contributed by atoms with Crippen LogP contribution in [0, 0.1) is 0 Å². The third-order valence-corrected chi connectivity index (χ3v) is 15.3. The molecule has 0 aromatic heterocycles. The zero-order valence-corrected chi connectivity index (χ0v) is 44.7. The van der Waals surface area contributed by atoms with E-state index in [2.05, 4.69) is 10.6 Å². The van der Waals surface area contributed by atoms with Crippen LogP contribution >= 0.6 is 0 Å². The lowest BCUT2D eigenvalue weighted by Gasteiger charge is -2.50. The molecule has 0 radical (unpaired) electrons. The zero-order chi connectivity index (χ0) is 61.9. The van der Waals surface area contributed by atoms with Crippen LogP contribution in [-0.4, -0.2) is 380 Å². The molecule has 7 saturated heterocycles. The SMILES string of the molecule is CC(=O)N[C@H]1[C@H](O[C@H]2[C@H](O)[C@@H](NC(C)=O)C(O)O[C@@H]2CO)O[C@H](CO)[C@@H](O[C@@H]2O[C@H](CO[C@H]3O[C@H](CO[C@H]4O[C@H](CO)[C@@H](O)[C@H](O)[C@@H]4O[C@H]4O[C@H](CO)[C@@H](O)[C@H](O)[C@@H]4O)[C@@H](O)[C@H](O)[C@@H]3O)[C@@H](O)[C@H](O[C@H]3O[C@H](CO)[C@@H](O)[C@H](O)[C@@H]3O)[C@@H]2O)[C@@H]1O. The molecule has 1 unspecified atom stereocenters. The van der Waals surface area contributed by atoms with E-state index in [1.165, 1.54) is 0 Å². The minimum absolute atomic E-state index is 0.732. The molecule has 7 heterocycles. The van der Waals surface area contributed by atoms with E-state index < -0.39 is 273 Å². The minimum atomic E-state index is -2.31. The van der Waals surface area contributed by atoms with Crippen LogP contribution in [0.2, 0.25) is 0 Å². The van der Waals surface area contributed by atoms with E-state index in [4.69, 9.17) is 61.6 Å². The van der Waals surface area contributed by atoms with Crippen molar-refractivity contribution in [3.8, 4) is 0 Å². The molecule has 38 nitrogen and oxygen atoms in total. The van der Waals surface area contributed by atoms with Gasteiger partial charge >= 0.3 is 0 Å². The lowest BCUT2D eigenvalue weighted by molar-refractivity contribution is -0.385. The summed E-state index contributed by atoms with van der Waals surface area (Å²) in [4.78, 5) is 24.6. The van der Waals surface area contributed by atoms with Crippen LogP contribution in [0.15, 0.2) is 0 Å². The fourth-order valence-corrected chi connectivity index (χ4v) is 10.6. The predicted octanol–water partition coefficient (Wildman–Crippen LogP) is -16.0. The number of hydrogen-bond acceptors (Lipinski definition) is 36. The second kappa shape index (κ2) is 29.9. The Hall–Kier alpha value is -2.42. The van der Waals surface area contributed by atoms with Crippen molar-refractivity contribution in [2.75, 3.05) is 46.2 Å². The van der Waals surface area contributed by atoms with Gasteiger partial charge in [-0.3, -0.25) is 9.59 Å². The maximum atomic E-state index is 12.6. The number of ether oxygens (including phenoxy) is 13. The summed E-state index contributed by atoms with van der Waals surface area (Å²) in [6.45, 7) is -4.67. The summed E-state index contributed by atoms with van der Waals surface area (Å²) >= 11 is 0. The van der Waals surface area contributed by atoms with E-state index in [1.807, 2.05) is 0 Å². The Labute approximate surface area is 475 Å². The Bertz CT molecular complexity index is 2060. The Morgan fingerprint density at radius 3 is 1.14 bits per heavy atom. The molecule has 0 aromatic carbocycles. The average Bonchev–Trinajstić information content (AvgIpc) is 1.83. The first-order chi connectivity index (χ1) is 39.7. The zero-order valence-electron chi connectivity index (χ0n) is 44.7. The van der Waals surface area contributed by atoms with Crippen molar-refractivity contribution in [3.05, 3.63) is 0 Å². The Morgan fingerprint density at radius 1 is 0.310 bits per heavy atom. The molecule has 7 rings (SSSR count). The number of carbonyl (C=O) groups is 2. The Balaban J connectivity index is 1.11. The predicted molar refractivity (Wildman–Crippen MR) is 255 cm³/mol. The highest BCUT2D eigenvalue weighted by molar-refractivity contribution is 5.73. The molecular formula is C46H78N2O36. The van der Waals surface area contributed by atoms with Gasteiger partial charge in [0.05, 0.1) is 46.2 Å². The second-order valence-electron chi connectivity index (χ2n) is 21.1. The topological polar surface area (TPSA) is 603 Å². The molecule has 0 bridgehead atoms. The van der Waals surface area contributed by atoms with Crippen LogP contribution in [0.5, 0.6) is 0 Å². The van der Waals surface area contributed by atoms with Crippen molar-refractivity contribution in [2.45, 2.75) is 229 Å². The maximum Gasteiger partial charge on any atom is 0.217 e. The van der Waals surface area contributed by atoms with Crippen molar-refractivity contribution in [2.24, 2.45) is 0 Å². The van der Waals surface area contributed by atoms with Crippen LogP contribution < -0.4 is 10.6 Å². The molecule has 0 aliphatic carbocycles. The molecule has 2 amide bonds. The average molecular weight is 1240 g/mol. The van der Waals surface area contributed by atoms with Gasteiger partial charge < -0.3 is 179 Å². The van der Waals surface area contributed by atoms with Crippen molar-refractivity contribution >= 4 is 11.8 Å². The lowest BCUT2D eigenvalue weighted by Crippen LogP contribution is -2.70. The largest absolute Gasteiger partial charge is 0.394 e. The molecule has 84 heavy (non-hydrogen) atoms. The fourth-order valence-electron chi connectivity index (χ4n) is 10.6. The number of hydrogen-bond donors (Lipinski definition) is 23. The van der Waals surface area contributed by atoms with Gasteiger partial charge in [-0.25, -0.2) is 0 Å². The van der Waals surface area contributed by atoms with E-state index >= 15 is 0 Å². The number of nitrogens with one attached hydrogen (secondary N) is 2. The first kappa shape index (κ1) is 69.1. The van der Waals surface area contributed by atoms with E-state index in [0.717, 1.165) is 13.8 Å². The smallest absolute Gasteiger partial charge is 0.217 e. The van der Waals surface area contributed by atoms with Gasteiger partial charge in [0.25, 0.3) is 0 Å². The van der Waals surface area contributed by atoms with Crippen molar-refractivity contribution in [1.29, 1.82) is 0 Å². The summed E-state index contributed by atoms with van der Waals surface area (Å²) in [7, 11) is 0. The van der Waals surface area contributed by atoms with Crippen LogP contribution in [0.1, 0.15) is 13.8 Å². The highest BCUT2D eigenvalue weighted by atomic mass is 16.8. The molecule has 7 fully saturated rings. The van der Waals surface area contributed by atoms with Crippen LogP contribution in [-0.2, 0) is 71.2 Å². The third kappa shape index (κ3) is 14.9. The van der Waals surface area contributed by atoms with E-state index in [0.29, 0.717) is 0 Å². The molecular weight excluding hydrogens is 1160 g/mol. The summed E-state index contributed by atoms with van der Waals surface area (Å²) in [5.41, 5.74) is 0. The summed E-state index contributed by atoms with van der Waals surface area (Å²) in [6.07, 6.45) is -64.3.